The second-order valence-corrected chi connectivity index (χ2v) is 11.1. The van der Waals surface area contributed by atoms with Crippen molar-refractivity contribution < 1.29 is 24.3 Å². The fourth-order valence-electron chi connectivity index (χ4n) is 6.00. The van der Waals surface area contributed by atoms with Crippen LogP contribution in [0.25, 0.3) is 0 Å². The van der Waals surface area contributed by atoms with Gasteiger partial charge in [0, 0.05) is 30.0 Å². The lowest BCUT2D eigenvalue weighted by atomic mass is 9.56. The molecule has 7 nitrogen and oxygen atoms in total. The topological polar surface area (TPSA) is 95.0 Å². The molecule has 2 aliphatic heterocycles. The van der Waals surface area contributed by atoms with Crippen LogP contribution in [0.2, 0.25) is 0 Å². The van der Waals surface area contributed by atoms with Crippen molar-refractivity contribution in [3.63, 3.8) is 0 Å². The standard InChI is InChI=1S/C22H19BrCl2N2O5/c1-26-17(29)11-5-4-10-13(15(11)18(26)30)8-21(24)19(31)27(2)20(32)22(21,25)16(10)12-7-9(23)3-6-14(12)28/h3-4,6-7,11,13,15-16,28H,5,8H2,1-2H3. The van der Waals surface area contributed by atoms with Gasteiger partial charge in [0.25, 0.3) is 11.8 Å². The number of alkyl halides is 2. The molecule has 1 aromatic rings. The number of amides is 4. The second-order valence-electron chi connectivity index (χ2n) is 8.94. The van der Waals surface area contributed by atoms with Crippen molar-refractivity contribution in [2.24, 2.45) is 17.8 Å². The Hall–Kier alpha value is -1.90. The van der Waals surface area contributed by atoms with Gasteiger partial charge in [-0.3, -0.25) is 29.0 Å². The molecule has 0 radical (unpaired) electrons. The Morgan fingerprint density at radius 1 is 1.03 bits per heavy atom. The molecule has 1 N–H and O–H groups in total. The van der Waals surface area contributed by atoms with E-state index in [1.165, 1.54) is 20.2 Å². The summed E-state index contributed by atoms with van der Waals surface area (Å²) in [5, 5.41) is 10.7. The number of hydrogen-bond acceptors (Lipinski definition) is 5. The number of rotatable bonds is 1. The molecule has 3 fully saturated rings. The van der Waals surface area contributed by atoms with E-state index in [2.05, 4.69) is 15.9 Å². The molecule has 2 heterocycles. The highest BCUT2D eigenvalue weighted by atomic mass is 79.9. The number of halogens is 3. The molecular formula is C22H19BrCl2N2O5. The fraction of sp³-hybridized carbons (Fsp3) is 0.455. The van der Waals surface area contributed by atoms with Crippen LogP contribution < -0.4 is 0 Å². The van der Waals surface area contributed by atoms with E-state index in [9.17, 15) is 24.3 Å². The van der Waals surface area contributed by atoms with E-state index < -0.39 is 45.2 Å². The SMILES string of the molecule is CN1C(=O)C2CC=C3C(CC4(Cl)C(=O)N(C)C(=O)C4(Cl)C3c3cc(Br)ccc3O)C2C1=O. The molecule has 0 spiro atoms. The molecular weight excluding hydrogens is 523 g/mol. The first kappa shape index (κ1) is 21.9. The second kappa shape index (κ2) is 6.81. The van der Waals surface area contributed by atoms with Crippen LogP contribution in [0, 0.1) is 17.8 Å². The third-order valence-electron chi connectivity index (χ3n) is 7.54. The quantitative estimate of drug-likeness (QED) is 0.335. The average Bonchev–Trinajstić information content (AvgIpc) is 3.05. The normalized spacial score (nSPS) is 38.6. The number of allylic oxidation sites excluding steroid dienone is 2. The average molecular weight is 542 g/mol. The fourth-order valence-corrected chi connectivity index (χ4v) is 7.39. The third-order valence-corrected chi connectivity index (χ3v) is 9.44. The molecule has 2 aliphatic carbocycles. The maximum atomic E-state index is 13.4. The van der Waals surface area contributed by atoms with Crippen molar-refractivity contribution >= 4 is 62.8 Å². The molecule has 4 amide bonds. The van der Waals surface area contributed by atoms with Crippen molar-refractivity contribution in [2.75, 3.05) is 14.1 Å². The zero-order valence-electron chi connectivity index (χ0n) is 17.1. The van der Waals surface area contributed by atoms with Gasteiger partial charge in [0.2, 0.25) is 11.8 Å². The highest BCUT2D eigenvalue weighted by Crippen LogP contribution is 2.65. The largest absolute Gasteiger partial charge is 0.508 e. The van der Waals surface area contributed by atoms with Crippen LogP contribution in [0.4, 0.5) is 0 Å². The number of phenolic OH excluding ortho intramolecular Hbond substituents is 1. The maximum Gasteiger partial charge on any atom is 0.253 e. The van der Waals surface area contributed by atoms with Gasteiger partial charge in [-0.2, -0.15) is 0 Å². The first-order chi connectivity index (χ1) is 14.9. The summed E-state index contributed by atoms with van der Waals surface area (Å²) >= 11 is 17.4. The number of likely N-dealkylation sites (tertiary alicyclic amines) is 2. The van der Waals surface area contributed by atoms with Crippen molar-refractivity contribution in [3.8, 4) is 5.75 Å². The summed E-state index contributed by atoms with van der Waals surface area (Å²) in [5.74, 6) is -4.81. The number of hydrogen-bond donors (Lipinski definition) is 1. The number of carbonyl (C=O) groups is 4. The van der Waals surface area contributed by atoms with Crippen molar-refractivity contribution in [3.05, 3.63) is 39.9 Å². The zero-order valence-corrected chi connectivity index (χ0v) is 20.2. The summed E-state index contributed by atoms with van der Waals surface area (Å²) in [6.45, 7) is 0. The van der Waals surface area contributed by atoms with E-state index in [1.807, 2.05) is 6.08 Å². The van der Waals surface area contributed by atoms with Crippen LogP contribution in [-0.4, -0.2) is 62.4 Å². The molecule has 1 saturated carbocycles. The third kappa shape index (κ3) is 2.43. The monoisotopic (exact) mass is 540 g/mol. The first-order valence-electron chi connectivity index (χ1n) is 10.1. The van der Waals surface area contributed by atoms with Gasteiger partial charge in [-0.25, -0.2) is 0 Å². The highest BCUT2D eigenvalue weighted by molar-refractivity contribution is 9.10. The van der Waals surface area contributed by atoms with E-state index in [-0.39, 0.29) is 24.0 Å². The smallest absolute Gasteiger partial charge is 0.253 e. The van der Waals surface area contributed by atoms with Gasteiger partial charge < -0.3 is 5.11 Å². The van der Waals surface area contributed by atoms with E-state index >= 15 is 0 Å². The number of imide groups is 2. The van der Waals surface area contributed by atoms with Crippen LogP contribution in [0.5, 0.6) is 5.75 Å². The van der Waals surface area contributed by atoms with Crippen LogP contribution in [0.3, 0.4) is 0 Å². The van der Waals surface area contributed by atoms with Gasteiger partial charge in [-0.05, 0) is 37.0 Å². The van der Waals surface area contributed by atoms with Crippen LogP contribution in [0.15, 0.2) is 34.3 Å². The van der Waals surface area contributed by atoms with Gasteiger partial charge >= 0.3 is 0 Å². The Labute approximate surface area is 202 Å². The molecule has 2 saturated heterocycles. The highest BCUT2D eigenvalue weighted by Gasteiger charge is 2.76. The Morgan fingerprint density at radius 2 is 1.72 bits per heavy atom. The molecule has 5 rings (SSSR count). The summed E-state index contributed by atoms with van der Waals surface area (Å²) in [4.78, 5) is 50.6. The lowest BCUT2D eigenvalue weighted by molar-refractivity contribution is -0.140. The molecule has 10 heteroatoms. The molecule has 168 valence electrons. The van der Waals surface area contributed by atoms with Crippen LogP contribution in [0.1, 0.15) is 24.3 Å². The molecule has 0 bridgehead atoms. The van der Waals surface area contributed by atoms with Crippen molar-refractivity contribution in [2.45, 2.75) is 28.5 Å². The van der Waals surface area contributed by atoms with Gasteiger partial charge in [0.15, 0.2) is 9.75 Å². The summed E-state index contributed by atoms with van der Waals surface area (Å²) in [7, 11) is 2.78. The Kier molecular flexibility index (Phi) is 4.66. The predicted octanol–water partition coefficient (Wildman–Crippen LogP) is 2.77. The Morgan fingerprint density at radius 3 is 2.41 bits per heavy atom. The van der Waals surface area contributed by atoms with E-state index in [1.54, 1.807) is 12.1 Å². The summed E-state index contributed by atoms with van der Waals surface area (Å²) < 4.78 is 0.638. The Balaban J connectivity index is 1.78. The predicted molar refractivity (Wildman–Crippen MR) is 119 cm³/mol. The van der Waals surface area contributed by atoms with Gasteiger partial charge in [0.05, 0.1) is 11.8 Å². The first-order valence-corrected chi connectivity index (χ1v) is 11.7. The molecule has 6 atom stereocenters. The van der Waals surface area contributed by atoms with Gasteiger partial charge in [-0.15, -0.1) is 23.2 Å². The summed E-state index contributed by atoms with van der Waals surface area (Å²) in [5.41, 5.74) is 0.981. The van der Waals surface area contributed by atoms with Gasteiger partial charge in [0.1, 0.15) is 5.75 Å². The summed E-state index contributed by atoms with van der Waals surface area (Å²) in [6.07, 6.45) is 2.08. The van der Waals surface area contributed by atoms with E-state index in [0.29, 0.717) is 22.0 Å². The number of aromatic hydroxyl groups is 1. The van der Waals surface area contributed by atoms with Gasteiger partial charge in [-0.1, -0.05) is 27.6 Å². The maximum absolute atomic E-state index is 13.4. The minimum Gasteiger partial charge on any atom is -0.508 e. The lowest BCUT2D eigenvalue weighted by Gasteiger charge is -2.50. The van der Waals surface area contributed by atoms with E-state index in [0.717, 1.165) is 9.80 Å². The van der Waals surface area contributed by atoms with Crippen molar-refractivity contribution in [1.29, 1.82) is 0 Å². The number of nitrogens with zero attached hydrogens (tertiary/aromatic N) is 2. The molecule has 1 aromatic carbocycles. The number of benzene rings is 1. The minimum atomic E-state index is -1.90. The number of fused-ring (bicyclic) bond motifs is 4. The minimum absolute atomic E-state index is 0.0574. The van der Waals surface area contributed by atoms with Crippen LogP contribution >= 0.6 is 39.1 Å². The molecule has 32 heavy (non-hydrogen) atoms. The number of phenols is 1. The lowest BCUT2D eigenvalue weighted by Crippen LogP contribution is -2.60. The van der Waals surface area contributed by atoms with E-state index in [4.69, 9.17) is 23.2 Å². The Bertz CT molecular complexity index is 1160. The van der Waals surface area contributed by atoms with Crippen LogP contribution in [-0.2, 0) is 19.2 Å². The molecule has 0 aromatic heterocycles. The molecule has 4 aliphatic rings. The zero-order chi connectivity index (χ0) is 23.3. The van der Waals surface area contributed by atoms with Crippen molar-refractivity contribution in [1.82, 2.24) is 9.80 Å². The number of carbonyl (C=O) groups excluding carboxylic acids is 4. The summed E-state index contributed by atoms with van der Waals surface area (Å²) in [6, 6.07) is 4.75. The molecule has 6 unspecified atom stereocenters.